The minimum atomic E-state index is -0.577. The zero-order chi connectivity index (χ0) is 35.3. The number of carbonyl (C=O) groups excluding carboxylic acids is 4. The van der Waals surface area contributed by atoms with E-state index in [0.717, 1.165) is 22.3 Å². The summed E-state index contributed by atoms with van der Waals surface area (Å²) in [6.45, 7) is 0. The van der Waals surface area contributed by atoms with Gasteiger partial charge in [0.05, 0.1) is 35.0 Å². The third-order valence-corrected chi connectivity index (χ3v) is 11.5. The average Bonchev–Trinajstić information content (AvgIpc) is 3.63. The number of benzene rings is 5. The van der Waals surface area contributed by atoms with E-state index >= 15 is 0 Å². The fraction of sp³-hybridized carbons (Fsp3) is 0.174. The Kier molecular flexibility index (Phi) is 7.88. The first kappa shape index (κ1) is 31.8. The fourth-order valence-corrected chi connectivity index (χ4v) is 9.13. The molecule has 2 aliphatic heterocycles. The lowest BCUT2D eigenvalue weighted by molar-refractivity contribution is -0.124. The van der Waals surface area contributed by atoms with Crippen molar-refractivity contribution in [2.75, 3.05) is 9.80 Å². The Morgan fingerprint density at radius 2 is 0.500 bits per heavy atom. The molecule has 6 heteroatoms. The highest BCUT2D eigenvalue weighted by Gasteiger charge is 2.57. The van der Waals surface area contributed by atoms with E-state index in [0.29, 0.717) is 11.4 Å². The molecule has 0 aromatic heterocycles. The number of nitrogens with zero attached hydrogens (tertiary/aromatic N) is 2. The maximum Gasteiger partial charge on any atom is 0.238 e. The molecule has 0 radical (unpaired) electrons. The summed E-state index contributed by atoms with van der Waals surface area (Å²) in [6.07, 6.45) is 8.32. The lowest BCUT2D eigenvalue weighted by Gasteiger charge is -2.32. The molecule has 5 aromatic carbocycles. The summed E-state index contributed by atoms with van der Waals surface area (Å²) in [6, 6.07) is 46.2. The molecule has 2 heterocycles. The van der Waals surface area contributed by atoms with Gasteiger partial charge in [0.1, 0.15) is 0 Å². The van der Waals surface area contributed by atoms with E-state index in [1.165, 1.54) is 9.80 Å². The second kappa shape index (κ2) is 12.9. The predicted molar refractivity (Wildman–Crippen MR) is 200 cm³/mol. The van der Waals surface area contributed by atoms with Crippen molar-refractivity contribution in [3.8, 4) is 0 Å². The Balaban J connectivity index is 1.05. The van der Waals surface area contributed by atoms with Crippen LogP contribution in [-0.4, -0.2) is 23.6 Å². The van der Waals surface area contributed by atoms with Gasteiger partial charge in [0, 0.05) is 23.7 Å². The number of imide groups is 2. The Labute approximate surface area is 302 Å². The molecular formula is C46H36N2O4. The van der Waals surface area contributed by atoms with Crippen LogP contribution in [-0.2, 0) is 19.2 Å². The third kappa shape index (κ3) is 5.09. The number of amides is 4. The van der Waals surface area contributed by atoms with Gasteiger partial charge in [0.15, 0.2) is 0 Å². The zero-order valence-corrected chi connectivity index (χ0v) is 28.3. The summed E-state index contributed by atoms with van der Waals surface area (Å²) in [5, 5.41) is 0. The number of carbonyl (C=O) groups is 4. The van der Waals surface area contributed by atoms with Gasteiger partial charge in [-0.05, 0) is 46.5 Å². The van der Waals surface area contributed by atoms with Crippen molar-refractivity contribution >= 4 is 35.0 Å². The van der Waals surface area contributed by atoms with Crippen LogP contribution >= 0.6 is 0 Å². The van der Waals surface area contributed by atoms with E-state index in [9.17, 15) is 19.2 Å². The maximum absolute atomic E-state index is 14.4. The van der Waals surface area contributed by atoms with Gasteiger partial charge in [-0.1, -0.05) is 146 Å². The minimum absolute atomic E-state index is 0.247. The van der Waals surface area contributed by atoms with Crippen molar-refractivity contribution in [3.05, 3.63) is 192 Å². The van der Waals surface area contributed by atoms with E-state index < -0.39 is 23.7 Å². The summed E-state index contributed by atoms with van der Waals surface area (Å²) in [7, 11) is 0. The molecule has 6 nitrogen and oxygen atoms in total. The molecule has 0 spiro atoms. The highest BCUT2D eigenvalue weighted by Crippen LogP contribution is 2.52. The van der Waals surface area contributed by atoms with Crippen LogP contribution in [0.15, 0.2) is 170 Å². The van der Waals surface area contributed by atoms with Crippen LogP contribution in [0.3, 0.4) is 0 Å². The Hall–Kier alpha value is -6.14. The number of rotatable bonds is 6. The van der Waals surface area contributed by atoms with E-state index in [1.54, 1.807) is 24.3 Å². The second-order valence-electron chi connectivity index (χ2n) is 14.2. The SMILES string of the molecule is O=C1C2C(c3ccccc3)C=CC(c3ccccc3)C2C(=O)N1c1ccc(N2C(=O)C3C(c4ccccc4)C=CC(c4ccccc4)C3C2=O)cc1. The molecule has 0 saturated carbocycles. The van der Waals surface area contributed by atoms with E-state index in [1.807, 2.05) is 121 Å². The Bertz CT molecular complexity index is 1920. The van der Waals surface area contributed by atoms with Gasteiger partial charge in [-0.3, -0.25) is 19.2 Å². The monoisotopic (exact) mass is 680 g/mol. The lowest BCUT2D eigenvalue weighted by Crippen LogP contribution is -2.33. The summed E-state index contributed by atoms with van der Waals surface area (Å²) < 4.78 is 0. The van der Waals surface area contributed by atoms with E-state index in [2.05, 4.69) is 24.3 Å². The standard InChI is InChI=1S/C46H36N2O4/c49-43-39-35(29-13-5-1-6-14-29)25-26-36(30-15-7-2-8-16-30)40(39)44(50)47(43)33-21-23-34(24-22-33)48-45(51)41-37(31-17-9-3-10-18-31)27-28-38(42(41)46(48)52)32-19-11-4-12-20-32/h1-28,35-42H. The van der Waals surface area contributed by atoms with Gasteiger partial charge in [0.25, 0.3) is 0 Å². The molecule has 8 atom stereocenters. The number of fused-ring (bicyclic) bond motifs is 2. The van der Waals surface area contributed by atoms with Gasteiger partial charge in [-0.2, -0.15) is 0 Å². The van der Waals surface area contributed by atoms with Gasteiger partial charge < -0.3 is 0 Å². The van der Waals surface area contributed by atoms with Gasteiger partial charge in [0.2, 0.25) is 23.6 Å². The Morgan fingerprint density at radius 1 is 0.288 bits per heavy atom. The normalized spacial score (nSPS) is 27.9. The molecule has 0 N–H and O–H groups in total. The minimum Gasteiger partial charge on any atom is -0.274 e. The summed E-state index contributed by atoms with van der Waals surface area (Å²) >= 11 is 0. The van der Waals surface area contributed by atoms with Crippen molar-refractivity contribution < 1.29 is 19.2 Å². The highest BCUT2D eigenvalue weighted by molar-refractivity contribution is 6.24. The van der Waals surface area contributed by atoms with Crippen molar-refractivity contribution in [2.24, 2.45) is 23.7 Å². The van der Waals surface area contributed by atoms with E-state index in [-0.39, 0.29) is 47.3 Å². The smallest absolute Gasteiger partial charge is 0.238 e. The first-order valence-electron chi connectivity index (χ1n) is 17.9. The molecule has 52 heavy (non-hydrogen) atoms. The van der Waals surface area contributed by atoms with Crippen LogP contribution < -0.4 is 9.80 Å². The van der Waals surface area contributed by atoms with Crippen LogP contribution in [0.25, 0.3) is 0 Å². The summed E-state index contributed by atoms with van der Waals surface area (Å²) in [5.41, 5.74) is 4.81. The van der Waals surface area contributed by atoms with Crippen LogP contribution in [0.5, 0.6) is 0 Å². The molecule has 9 rings (SSSR count). The zero-order valence-electron chi connectivity index (χ0n) is 28.3. The predicted octanol–water partition coefficient (Wildman–Crippen LogP) is 8.17. The molecule has 5 aromatic rings. The largest absolute Gasteiger partial charge is 0.274 e. The number of hydrogen-bond acceptors (Lipinski definition) is 4. The molecule has 0 bridgehead atoms. The van der Waals surface area contributed by atoms with Crippen molar-refractivity contribution in [3.63, 3.8) is 0 Å². The molecule has 2 saturated heterocycles. The van der Waals surface area contributed by atoms with Crippen LogP contribution in [0.4, 0.5) is 11.4 Å². The highest BCUT2D eigenvalue weighted by atomic mass is 16.2. The van der Waals surface area contributed by atoms with Crippen molar-refractivity contribution in [2.45, 2.75) is 23.7 Å². The number of allylic oxidation sites excluding steroid dienone is 4. The second-order valence-corrected chi connectivity index (χ2v) is 14.2. The topological polar surface area (TPSA) is 74.8 Å². The first-order valence-corrected chi connectivity index (χ1v) is 17.9. The van der Waals surface area contributed by atoms with E-state index in [4.69, 9.17) is 0 Å². The lowest BCUT2D eigenvalue weighted by atomic mass is 9.68. The molecular weight excluding hydrogens is 645 g/mol. The average molecular weight is 681 g/mol. The molecule has 2 fully saturated rings. The van der Waals surface area contributed by atoms with Crippen LogP contribution in [0.1, 0.15) is 45.9 Å². The quantitative estimate of drug-likeness (QED) is 0.134. The van der Waals surface area contributed by atoms with Crippen molar-refractivity contribution in [1.82, 2.24) is 0 Å². The molecule has 254 valence electrons. The maximum atomic E-state index is 14.4. The fourth-order valence-electron chi connectivity index (χ4n) is 9.13. The van der Waals surface area contributed by atoms with Crippen molar-refractivity contribution in [1.29, 1.82) is 0 Å². The van der Waals surface area contributed by atoms with Crippen LogP contribution in [0.2, 0.25) is 0 Å². The van der Waals surface area contributed by atoms with Gasteiger partial charge in [-0.25, -0.2) is 9.80 Å². The van der Waals surface area contributed by atoms with Crippen LogP contribution in [0, 0.1) is 23.7 Å². The van der Waals surface area contributed by atoms with Gasteiger partial charge >= 0.3 is 0 Å². The summed E-state index contributed by atoms with van der Waals surface area (Å²) in [5.74, 6) is -4.30. The number of hydrogen-bond donors (Lipinski definition) is 0. The third-order valence-electron chi connectivity index (χ3n) is 11.5. The summed E-state index contributed by atoms with van der Waals surface area (Å²) in [4.78, 5) is 60.3. The van der Waals surface area contributed by atoms with Gasteiger partial charge in [-0.15, -0.1) is 0 Å². The first-order chi connectivity index (χ1) is 25.5. The molecule has 2 aliphatic carbocycles. The number of anilines is 2. The molecule has 4 aliphatic rings. The molecule has 4 amide bonds. The molecule has 8 unspecified atom stereocenters. The Morgan fingerprint density at radius 3 is 0.712 bits per heavy atom.